The second-order valence-electron chi connectivity index (χ2n) is 6.58. The van der Waals surface area contributed by atoms with Crippen molar-refractivity contribution >= 4 is 26.5 Å². The zero-order valence-corrected chi connectivity index (χ0v) is 16.4. The molecule has 2 heterocycles. The number of sulfonamides is 1. The molecule has 4 rings (SSSR count). The van der Waals surface area contributed by atoms with Gasteiger partial charge in [0, 0.05) is 30.1 Å². The van der Waals surface area contributed by atoms with Gasteiger partial charge in [0.25, 0.3) is 0 Å². The molecule has 1 aliphatic heterocycles. The summed E-state index contributed by atoms with van der Waals surface area (Å²) < 4.78 is 27.8. The van der Waals surface area contributed by atoms with Gasteiger partial charge in [-0.1, -0.05) is 48.5 Å². The predicted octanol–water partition coefficient (Wildman–Crippen LogP) is 3.76. The van der Waals surface area contributed by atoms with Gasteiger partial charge in [-0.2, -0.15) is 0 Å². The monoisotopic (exact) mass is 399 g/mol. The Hall–Kier alpha value is -2.22. The number of thiazole rings is 1. The summed E-state index contributed by atoms with van der Waals surface area (Å²) >= 11 is 1.64. The minimum Gasteiger partial charge on any atom is -0.348 e. The Balaban J connectivity index is 1.38. The van der Waals surface area contributed by atoms with E-state index in [1.165, 1.54) is 0 Å². The van der Waals surface area contributed by atoms with Crippen LogP contribution in [0.1, 0.15) is 12.8 Å². The Morgan fingerprint density at radius 3 is 2.26 bits per heavy atom. The van der Waals surface area contributed by atoms with E-state index in [0.717, 1.165) is 42.3 Å². The smallest absolute Gasteiger partial charge is 0.240 e. The van der Waals surface area contributed by atoms with E-state index in [1.807, 2.05) is 24.3 Å². The molecule has 0 unspecified atom stereocenters. The fourth-order valence-corrected chi connectivity index (χ4v) is 5.44. The van der Waals surface area contributed by atoms with Gasteiger partial charge in [-0.05, 0) is 25.0 Å². The highest BCUT2D eigenvalue weighted by Crippen LogP contribution is 2.29. The molecule has 0 aliphatic carbocycles. The zero-order chi connectivity index (χ0) is 18.7. The molecule has 1 aliphatic rings. The van der Waals surface area contributed by atoms with Crippen molar-refractivity contribution in [1.29, 1.82) is 0 Å². The molecule has 2 aromatic carbocycles. The number of piperidine rings is 1. The first-order valence-electron chi connectivity index (χ1n) is 8.95. The highest BCUT2D eigenvalue weighted by atomic mass is 32.2. The van der Waals surface area contributed by atoms with Crippen molar-refractivity contribution in [3.05, 3.63) is 66.0 Å². The molecule has 27 heavy (non-hydrogen) atoms. The Morgan fingerprint density at radius 2 is 1.59 bits per heavy atom. The molecule has 3 aromatic rings. The molecule has 0 saturated carbocycles. The number of nitrogens with zero attached hydrogens (tertiary/aromatic N) is 2. The Kier molecular flexibility index (Phi) is 5.24. The quantitative estimate of drug-likeness (QED) is 0.710. The summed E-state index contributed by atoms with van der Waals surface area (Å²) in [5.41, 5.74) is 2.10. The van der Waals surface area contributed by atoms with E-state index in [9.17, 15) is 8.42 Å². The van der Waals surface area contributed by atoms with Crippen LogP contribution in [0.2, 0.25) is 0 Å². The van der Waals surface area contributed by atoms with Gasteiger partial charge in [-0.15, -0.1) is 11.3 Å². The maximum Gasteiger partial charge on any atom is 0.240 e. The number of nitrogens with one attached hydrogen (secondary N) is 1. The minimum atomic E-state index is -3.46. The summed E-state index contributed by atoms with van der Waals surface area (Å²) in [6, 6.07) is 18.6. The van der Waals surface area contributed by atoms with Gasteiger partial charge < -0.3 is 4.90 Å². The molecule has 5 nitrogen and oxygen atoms in total. The van der Waals surface area contributed by atoms with E-state index in [4.69, 9.17) is 4.98 Å². The van der Waals surface area contributed by atoms with Crippen LogP contribution in [-0.4, -0.2) is 32.5 Å². The van der Waals surface area contributed by atoms with Crippen molar-refractivity contribution in [2.45, 2.75) is 23.8 Å². The molecular formula is C20H21N3O2S2. The lowest BCUT2D eigenvalue weighted by Crippen LogP contribution is -2.44. The average Bonchev–Trinajstić information content (AvgIpc) is 3.20. The van der Waals surface area contributed by atoms with E-state index in [1.54, 1.807) is 35.6 Å². The zero-order valence-electron chi connectivity index (χ0n) is 14.8. The molecule has 0 atom stereocenters. The third-order valence-corrected chi connectivity index (χ3v) is 7.14. The Bertz CT molecular complexity index is 980. The predicted molar refractivity (Wildman–Crippen MR) is 110 cm³/mol. The van der Waals surface area contributed by atoms with Crippen LogP contribution in [0.4, 0.5) is 5.13 Å². The lowest BCUT2D eigenvalue weighted by Gasteiger charge is -2.32. The summed E-state index contributed by atoms with van der Waals surface area (Å²) in [7, 11) is -3.46. The largest absolute Gasteiger partial charge is 0.348 e. The average molecular weight is 400 g/mol. The topological polar surface area (TPSA) is 62.3 Å². The Labute approximate surface area is 163 Å². The van der Waals surface area contributed by atoms with Crippen LogP contribution in [0, 0.1) is 0 Å². The van der Waals surface area contributed by atoms with Crippen molar-refractivity contribution in [1.82, 2.24) is 9.71 Å². The van der Waals surface area contributed by atoms with E-state index < -0.39 is 10.0 Å². The van der Waals surface area contributed by atoms with Gasteiger partial charge in [0.15, 0.2) is 5.13 Å². The fraction of sp³-hybridized carbons (Fsp3) is 0.250. The fourth-order valence-electron chi connectivity index (χ4n) is 3.23. The van der Waals surface area contributed by atoms with Crippen LogP contribution < -0.4 is 9.62 Å². The van der Waals surface area contributed by atoms with Crippen molar-refractivity contribution in [2.24, 2.45) is 0 Å². The summed E-state index contributed by atoms with van der Waals surface area (Å²) in [5.74, 6) is 0. The van der Waals surface area contributed by atoms with Crippen molar-refractivity contribution < 1.29 is 8.42 Å². The van der Waals surface area contributed by atoms with Crippen LogP contribution in [0.5, 0.6) is 0 Å². The van der Waals surface area contributed by atoms with Crippen molar-refractivity contribution in [3.8, 4) is 11.3 Å². The number of rotatable bonds is 5. The first-order valence-corrected chi connectivity index (χ1v) is 11.3. The highest BCUT2D eigenvalue weighted by Gasteiger charge is 2.25. The van der Waals surface area contributed by atoms with Crippen LogP contribution >= 0.6 is 11.3 Å². The standard InChI is InChI=1S/C20H21N3O2S2/c24-27(25,18-9-5-2-6-10-18)22-17-11-13-23(14-12-17)20-21-19(15-26-20)16-7-3-1-4-8-16/h1-10,15,17,22H,11-14H2. The molecule has 0 amide bonds. The van der Waals surface area contributed by atoms with Gasteiger partial charge in [0.2, 0.25) is 10.0 Å². The lowest BCUT2D eigenvalue weighted by molar-refractivity contribution is 0.460. The molecule has 7 heteroatoms. The van der Waals surface area contributed by atoms with Crippen LogP contribution in [0.15, 0.2) is 70.9 Å². The Morgan fingerprint density at radius 1 is 0.963 bits per heavy atom. The van der Waals surface area contributed by atoms with E-state index in [2.05, 4.69) is 27.1 Å². The van der Waals surface area contributed by atoms with Gasteiger partial charge >= 0.3 is 0 Å². The number of hydrogen-bond acceptors (Lipinski definition) is 5. The maximum absolute atomic E-state index is 12.5. The number of hydrogen-bond donors (Lipinski definition) is 1. The molecule has 0 radical (unpaired) electrons. The van der Waals surface area contributed by atoms with Crippen LogP contribution in [0.25, 0.3) is 11.3 Å². The van der Waals surface area contributed by atoms with E-state index in [0.29, 0.717) is 4.90 Å². The molecular weight excluding hydrogens is 378 g/mol. The second kappa shape index (κ2) is 7.80. The van der Waals surface area contributed by atoms with Crippen molar-refractivity contribution in [2.75, 3.05) is 18.0 Å². The number of anilines is 1. The van der Waals surface area contributed by atoms with Gasteiger partial charge in [-0.25, -0.2) is 18.1 Å². The third kappa shape index (κ3) is 4.21. The van der Waals surface area contributed by atoms with E-state index >= 15 is 0 Å². The summed E-state index contributed by atoms with van der Waals surface area (Å²) in [5, 5.41) is 3.08. The van der Waals surface area contributed by atoms with Crippen molar-refractivity contribution in [3.63, 3.8) is 0 Å². The third-order valence-electron chi connectivity index (χ3n) is 4.70. The maximum atomic E-state index is 12.5. The summed E-state index contributed by atoms with van der Waals surface area (Å²) in [6.07, 6.45) is 1.54. The van der Waals surface area contributed by atoms with Gasteiger partial charge in [0.1, 0.15) is 0 Å². The second-order valence-corrected chi connectivity index (χ2v) is 9.13. The minimum absolute atomic E-state index is 0.0417. The molecule has 1 saturated heterocycles. The van der Waals surface area contributed by atoms with Gasteiger partial charge in [-0.3, -0.25) is 0 Å². The lowest BCUT2D eigenvalue weighted by atomic mass is 10.1. The molecule has 0 spiro atoms. The molecule has 1 aromatic heterocycles. The van der Waals surface area contributed by atoms with E-state index in [-0.39, 0.29) is 6.04 Å². The van der Waals surface area contributed by atoms with Gasteiger partial charge in [0.05, 0.1) is 10.6 Å². The molecule has 0 bridgehead atoms. The SMILES string of the molecule is O=S(=O)(NC1CCN(c2nc(-c3ccccc3)cs2)CC1)c1ccccc1. The van der Waals surface area contributed by atoms with Crippen LogP contribution in [0.3, 0.4) is 0 Å². The summed E-state index contributed by atoms with van der Waals surface area (Å²) in [4.78, 5) is 7.32. The first kappa shape index (κ1) is 18.2. The summed E-state index contributed by atoms with van der Waals surface area (Å²) in [6.45, 7) is 1.59. The first-order chi connectivity index (χ1) is 13.1. The number of aromatic nitrogens is 1. The highest BCUT2D eigenvalue weighted by molar-refractivity contribution is 7.89. The molecule has 140 valence electrons. The van der Waals surface area contributed by atoms with Crippen LogP contribution in [-0.2, 0) is 10.0 Å². The molecule has 1 fully saturated rings. The number of benzene rings is 2. The normalized spacial score (nSPS) is 15.8. The molecule has 1 N–H and O–H groups in total.